The number of ether oxygens (including phenoxy) is 1. The van der Waals surface area contributed by atoms with Crippen molar-refractivity contribution in [3.05, 3.63) is 23.8 Å². The number of allylic oxidation sites excluding steroid dienone is 3. The van der Waals surface area contributed by atoms with Crippen molar-refractivity contribution in [1.82, 2.24) is 0 Å². The van der Waals surface area contributed by atoms with Crippen LogP contribution in [0.3, 0.4) is 0 Å². The first-order valence-corrected chi connectivity index (χ1v) is 12.1. The Morgan fingerprint density at radius 2 is 2.03 bits per heavy atom. The van der Waals surface area contributed by atoms with Crippen LogP contribution in [0.5, 0.6) is 0 Å². The number of hydrogen-bond acceptors (Lipinski definition) is 4. The van der Waals surface area contributed by atoms with Gasteiger partial charge in [0.1, 0.15) is 6.10 Å². The minimum absolute atomic E-state index is 0.00640. The van der Waals surface area contributed by atoms with Gasteiger partial charge in [0.25, 0.3) is 0 Å². The van der Waals surface area contributed by atoms with E-state index in [9.17, 15) is 9.59 Å². The lowest BCUT2D eigenvalue weighted by Crippen LogP contribution is -2.39. The van der Waals surface area contributed by atoms with Crippen molar-refractivity contribution >= 4 is 11.9 Å². The molecule has 0 aromatic carbocycles. The molecular formula is C26H43NO4. The average Bonchev–Trinajstić information content (AvgIpc) is 2.73. The van der Waals surface area contributed by atoms with Crippen LogP contribution in [-0.2, 0) is 14.3 Å². The summed E-state index contributed by atoms with van der Waals surface area (Å²) in [6, 6.07) is 0. The molecular weight excluding hydrogens is 390 g/mol. The van der Waals surface area contributed by atoms with Gasteiger partial charge in [-0.3, -0.25) is 9.59 Å². The number of carbonyl (C=O) groups is 2. The summed E-state index contributed by atoms with van der Waals surface area (Å²) in [4.78, 5) is 21.7. The molecule has 0 radical (unpaired) electrons. The second-order valence-corrected chi connectivity index (χ2v) is 10.5. The van der Waals surface area contributed by atoms with E-state index in [1.807, 2.05) is 6.92 Å². The zero-order valence-corrected chi connectivity index (χ0v) is 20.2. The Kier molecular flexibility index (Phi) is 8.93. The van der Waals surface area contributed by atoms with Gasteiger partial charge in [0.05, 0.1) is 5.41 Å². The summed E-state index contributed by atoms with van der Waals surface area (Å²) in [6.45, 7) is 10.8. The summed E-state index contributed by atoms with van der Waals surface area (Å²) in [7, 11) is 0. The molecule has 0 amide bonds. The molecule has 0 bridgehead atoms. The number of aliphatic carboxylic acids is 1. The van der Waals surface area contributed by atoms with Gasteiger partial charge in [-0.1, -0.05) is 39.0 Å². The third-order valence-electron chi connectivity index (χ3n) is 7.91. The van der Waals surface area contributed by atoms with Crippen molar-refractivity contribution in [3.8, 4) is 0 Å². The van der Waals surface area contributed by atoms with E-state index in [-0.39, 0.29) is 17.5 Å². The van der Waals surface area contributed by atoms with Gasteiger partial charge in [-0.15, -0.1) is 0 Å². The highest BCUT2D eigenvalue weighted by atomic mass is 16.5. The second kappa shape index (κ2) is 10.8. The number of fused-ring (bicyclic) bond motifs is 1. The Labute approximate surface area is 188 Å². The van der Waals surface area contributed by atoms with E-state index in [1.165, 1.54) is 18.4 Å². The molecule has 0 aromatic heterocycles. The minimum atomic E-state index is -0.722. The molecule has 0 unspecified atom stereocenters. The number of carboxylic acid groups (broad SMARTS) is 1. The molecule has 1 saturated heterocycles. The Morgan fingerprint density at radius 3 is 2.58 bits per heavy atom. The molecule has 5 nitrogen and oxygen atoms in total. The largest absolute Gasteiger partial charge is 0.481 e. The van der Waals surface area contributed by atoms with Crippen molar-refractivity contribution in [2.75, 3.05) is 6.54 Å². The fourth-order valence-electron chi connectivity index (χ4n) is 5.04. The van der Waals surface area contributed by atoms with Crippen LogP contribution in [0.25, 0.3) is 0 Å². The molecule has 1 heterocycles. The zero-order chi connectivity index (χ0) is 23.2. The molecule has 176 valence electrons. The number of cyclic esters (lactones) is 1. The van der Waals surface area contributed by atoms with Crippen molar-refractivity contribution in [2.24, 2.45) is 34.3 Å². The van der Waals surface area contributed by atoms with E-state index < -0.39 is 11.4 Å². The van der Waals surface area contributed by atoms with Gasteiger partial charge in [0.2, 0.25) is 0 Å². The topological polar surface area (TPSA) is 89.6 Å². The number of nitrogens with two attached hydrogens (primary N) is 1. The standard InChI is InChI=1S/C20H31NO2.C6H12O2/c1-14-6-7-16-12-15(13-21)10-11-20(16,2)18(14)9-8-17-4-3-5-19(22)23-17;1-4-6(2,3)5(7)8/h6-7,12,14-15,17-18H,3-5,8-11,13,21H2,1-2H3;4H2,1-3H3,(H,7,8)/t14-,15-,17-,18-,20-;/m0./s1. The summed E-state index contributed by atoms with van der Waals surface area (Å²) in [6.07, 6.45) is 15.2. The fourth-order valence-corrected chi connectivity index (χ4v) is 5.04. The normalized spacial score (nSPS) is 32.8. The lowest BCUT2D eigenvalue weighted by molar-refractivity contribution is -0.154. The zero-order valence-electron chi connectivity index (χ0n) is 20.2. The van der Waals surface area contributed by atoms with E-state index in [4.69, 9.17) is 15.6 Å². The van der Waals surface area contributed by atoms with Crippen LogP contribution in [-0.4, -0.2) is 29.7 Å². The van der Waals surface area contributed by atoms with E-state index in [2.05, 4.69) is 32.1 Å². The second-order valence-electron chi connectivity index (χ2n) is 10.5. The van der Waals surface area contributed by atoms with Crippen LogP contribution in [0.1, 0.15) is 86.0 Å². The van der Waals surface area contributed by atoms with Crippen LogP contribution in [0, 0.1) is 28.6 Å². The number of esters is 1. The lowest BCUT2D eigenvalue weighted by Gasteiger charge is -2.48. The van der Waals surface area contributed by atoms with Crippen LogP contribution >= 0.6 is 0 Å². The maximum atomic E-state index is 11.5. The van der Waals surface area contributed by atoms with E-state index in [0.717, 1.165) is 32.2 Å². The first kappa shape index (κ1) is 25.6. The van der Waals surface area contributed by atoms with Crippen LogP contribution in [0.15, 0.2) is 23.8 Å². The molecule has 1 fully saturated rings. The molecule has 1 aliphatic heterocycles. The smallest absolute Gasteiger partial charge is 0.309 e. The Morgan fingerprint density at radius 1 is 1.32 bits per heavy atom. The number of carboxylic acids is 1. The average molecular weight is 434 g/mol. The van der Waals surface area contributed by atoms with Gasteiger partial charge in [0, 0.05) is 6.42 Å². The predicted molar refractivity (Wildman–Crippen MR) is 124 cm³/mol. The number of carbonyl (C=O) groups excluding carboxylic acids is 1. The summed E-state index contributed by atoms with van der Waals surface area (Å²) in [5.74, 6) is 1.04. The molecule has 0 aromatic rings. The minimum Gasteiger partial charge on any atom is -0.481 e. The molecule has 3 aliphatic rings. The van der Waals surface area contributed by atoms with Gasteiger partial charge < -0.3 is 15.6 Å². The Hall–Kier alpha value is -1.62. The molecule has 31 heavy (non-hydrogen) atoms. The van der Waals surface area contributed by atoms with Crippen molar-refractivity contribution in [3.63, 3.8) is 0 Å². The molecule has 5 heteroatoms. The fraction of sp³-hybridized carbons (Fsp3) is 0.769. The van der Waals surface area contributed by atoms with E-state index >= 15 is 0 Å². The lowest BCUT2D eigenvalue weighted by atomic mass is 9.57. The molecule has 3 rings (SSSR count). The maximum Gasteiger partial charge on any atom is 0.309 e. The summed E-state index contributed by atoms with van der Waals surface area (Å²) >= 11 is 0. The van der Waals surface area contributed by atoms with Crippen LogP contribution < -0.4 is 5.73 Å². The van der Waals surface area contributed by atoms with Crippen LogP contribution in [0.2, 0.25) is 0 Å². The third-order valence-corrected chi connectivity index (χ3v) is 7.91. The van der Waals surface area contributed by atoms with Crippen molar-refractivity contribution in [1.29, 1.82) is 0 Å². The SMILES string of the molecule is CCC(C)(C)C(=O)O.C[C@H]1C=CC2=C[C@@H](CN)CC[C@]2(C)[C@H]1CC[C@@H]1CCCC(=O)O1. The molecule has 0 spiro atoms. The number of hydrogen-bond donors (Lipinski definition) is 2. The highest BCUT2D eigenvalue weighted by Gasteiger charge is 2.43. The first-order valence-electron chi connectivity index (χ1n) is 12.1. The van der Waals surface area contributed by atoms with E-state index in [0.29, 0.717) is 30.6 Å². The molecule has 2 aliphatic carbocycles. The van der Waals surface area contributed by atoms with Gasteiger partial charge in [-0.25, -0.2) is 0 Å². The quantitative estimate of drug-likeness (QED) is 0.540. The summed E-state index contributed by atoms with van der Waals surface area (Å²) in [5, 5.41) is 8.44. The molecule has 0 saturated carbocycles. The van der Waals surface area contributed by atoms with Crippen LogP contribution in [0.4, 0.5) is 0 Å². The summed E-state index contributed by atoms with van der Waals surface area (Å²) < 4.78 is 5.53. The summed E-state index contributed by atoms with van der Waals surface area (Å²) in [5.41, 5.74) is 7.09. The molecule has 5 atom stereocenters. The number of rotatable bonds is 6. The van der Waals surface area contributed by atoms with Crippen molar-refractivity contribution < 1.29 is 19.4 Å². The van der Waals surface area contributed by atoms with Gasteiger partial charge in [-0.2, -0.15) is 0 Å². The monoisotopic (exact) mass is 433 g/mol. The Balaban J connectivity index is 0.000000366. The van der Waals surface area contributed by atoms with Gasteiger partial charge in [0.15, 0.2) is 0 Å². The first-order chi connectivity index (χ1) is 14.5. The maximum absolute atomic E-state index is 11.5. The molecule has 3 N–H and O–H groups in total. The highest BCUT2D eigenvalue weighted by Crippen LogP contribution is 2.52. The van der Waals surface area contributed by atoms with E-state index in [1.54, 1.807) is 13.8 Å². The van der Waals surface area contributed by atoms with Gasteiger partial charge >= 0.3 is 11.9 Å². The third kappa shape index (κ3) is 6.44. The predicted octanol–water partition coefficient (Wildman–Crippen LogP) is 5.49. The van der Waals surface area contributed by atoms with Gasteiger partial charge in [-0.05, 0) is 94.1 Å². The Bertz CT molecular complexity index is 696. The highest BCUT2D eigenvalue weighted by molar-refractivity contribution is 5.73. The van der Waals surface area contributed by atoms with Crippen molar-refractivity contribution in [2.45, 2.75) is 92.1 Å².